The first-order chi connectivity index (χ1) is 21.1. The summed E-state index contributed by atoms with van der Waals surface area (Å²) in [6, 6.07) is 26.0. The number of nitrogens with zero attached hydrogens (tertiary/aromatic N) is 2. The highest BCUT2D eigenvalue weighted by Crippen LogP contribution is 2.33. The molecule has 1 N–H and O–H groups in total. The summed E-state index contributed by atoms with van der Waals surface area (Å²) in [6.45, 7) is 1.06. The molecule has 0 bridgehead atoms. The predicted octanol–water partition coefficient (Wildman–Crippen LogP) is 5.89. The number of hydrogen-bond acceptors (Lipinski definition) is 5. The van der Waals surface area contributed by atoms with Crippen molar-refractivity contribution in [2.24, 2.45) is 0 Å². The number of benzene rings is 4. The van der Waals surface area contributed by atoms with Crippen molar-refractivity contribution < 1.29 is 22.7 Å². The van der Waals surface area contributed by atoms with Crippen molar-refractivity contribution in [2.75, 3.05) is 25.0 Å². The fourth-order valence-electron chi connectivity index (χ4n) is 4.76. The predicted molar refractivity (Wildman–Crippen MR) is 174 cm³/mol. The van der Waals surface area contributed by atoms with E-state index in [1.165, 1.54) is 31.2 Å². The lowest BCUT2D eigenvalue weighted by Crippen LogP contribution is -2.53. The average molecular weight is 655 g/mol. The number of ether oxygens (including phenoxy) is 1. The zero-order chi connectivity index (χ0) is 31.9. The highest BCUT2D eigenvalue weighted by Gasteiger charge is 2.35. The molecule has 1 unspecified atom stereocenters. The molecule has 0 saturated heterocycles. The summed E-state index contributed by atoms with van der Waals surface area (Å²) in [4.78, 5) is 29.2. The van der Waals surface area contributed by atoms with Crippen molar-refractivity contribution in [3.8, 4) is 5.75 Å². The van der Waals surface area contributed by atoms with E-state index in [-0.39, 0.29) is 29.3 Å². The Morgan fingerprint density at radius 2 is 1.48 bits per heavy atom. The molecular weight excluding hydrogens is 621 g/mol. The third kappa shape index (κ3) is 7.53. The van der Waals surface area contributed by atoms with Gasteiger partial charge in [0.25, 0.3) is 10.0 Å². The van der Waals surface area contributed by atoms with Crippen LogP contribution in [-0.4, -0.2) is 51.9 Å². The fourth-order valence-corrected chi connectivity index (χ4v) is 6.70. The number of nitrogens with one attached hydrogen (secondary N) is 1. The quantitative estimate of drug-likeness (QED) is 0.206. The maximum absolute atomic E-state index is 14.5. The molecule has 2 amide bonds. The summed E-state index contributed by atoms with van der Waals surface area (Å²) in [5, 5.41) is 3.26. The van der Waals surface area contributed by atoms with Crippen molar-refractivity contribution in [1.82, 2.24) is 10.2 Å². The van der Waals surface area contributed by atoms with Gasteiger partial charge in [0.15, 0.2) is 0 Å². The van der Waals surface area contributed by atoms with Crippen LogP contribution in [0.4, 0.5) is 5.69 Å². The van der Waals surface area contributed by atoms with Gasteiger partial charge < -0.3 is 15.0 Å². The van der Waals surface area contributed by atoms with Crippen LogP contribution < -0.4 is 14.4 Å². The second-order valence-corrected chi connectivity index (χ2v) is 12.7. The minimum atomic E-state index is -4.28. The lowest BCUT2D eigenvalue weighted by atomic mass is 10.0. The first-order valence-electron chi connectivity index (χ1n) is 13.8. The molecule has 4 rings (SSSR count). The maximum atomic E-state index is 14.5. The third-order valence-corrected chi connectivity index (χ3v) is 9.63. The van der Waals surface area contributed by atoms with Gasteiger partial charge >= 0.3 is 0 Å². The van der Waals surface area contributed by atoms with E-state index in [1.807, 2.05) is 37.3 Å². The van der Waals surface area contributed by atoms with Crippen molar-refractivity contribution in [1.29, 1.82) is 0 Å². The number of likely N-dealkylation sites (N-methyl/N-ethyl adjacent to an activating group) is 1. The van der Waals surface area contributed by atoms with E-state index in [1.54, 1.807) is 54.6 Å². The number of hydrogen-bond donors (Lipinski definition) is 1. The number of anilines is 1. The van der Waals surface area contributed by atoms with E-state index in [0.717, 1.165) is 15.4 Å². The number of para-hydroxylation sites is 2. The fraction of sp³-hybridized carbons (Fsp3) is 0.212. The van der Waals surface area contributed by atoms with Gasteiger partial charge in [-0.05, 0) is 48.9 Å². The highest BCUT2D eigenvalue weighted by molar-refractivity contribution is 7.92. The van der Waals surface area contributed by atoms with Crippen LogP contribution in [-0.2, 0) is 32.6 Å². The average Bonchev–Trinajstić information content (AvgIpc) is 3.02. The monoisotopic (exact) mass is 653 g/mol. The Hall–Kier alpha value is -4.05. The molecule has 0 aliphatic heterocycles. The largest absolute Gasteiger partial charge is 0.495 e. The number of halogens is 2. The van der Waals surface area contributed by atoms with E-state index in [2.05, 4.69) is 5.32 Å². The third-order valence-electron chi connectivity index (χ3n) is 7.15. The van der Waals surface area contributed by atoms with E-state index in [9.17, 15) is 18.0 Å². The van der Waals surface area contributed by atoms with E-state index >= 15 is 0 Å². The summed E-state index contributed by atoms with van der Waals surface area (Å²) in [6.07, 6.45) is 0.160. The van der Waals surface area contributed by atoms with Gasteiger partial charge in [0.2, 0.25) is 11.8 Å². The van der Waals surface area contributed by atoms with Crippen LogP contribution in [0.25, 0.3) is 0 Å². The van der Waals surface area contributed by atoms with Crippen LogP contribution >= 0.6 is 23.2 Å². The molecule has 0 saturated carbocycles. The summed E-state index contributed by atoms with van der Waals surface area (Å²) in [5.41, 5.74) is 2.27. The maximum Gasteiger partial charge on any atom is 0.264 e. The standard InChI is InChI=1S/C33H33Cl2N3O5S/c1-23-16-18-25(19-17-23)44(41,42)38(29-14-7-8-15-31(29)43-3)22-32(39)37(21-26-27(34)12-9-13-28(26)35)30(33(40)36-2)20-24-10-5-4-6-11-24/h4-19,30H,20-22H2,1-3H3,(H,36,40). The van der Waals surface area contributed by atoms with Crippen LogP contribution in [0.15, 0.2) is 102 Å². The molecular formula is C33H33Cl2N3O5S. The zero-order valence-corrected chi connectivity index (χ0v) is 26.9. The van der Waals surface area contributed by atoms with E-state index in [0.29, 0.717) is 15.6 Å². The molecule has 230 valence electrons. The molecule has 0 aromatic heterocycles. The Morgan fingerprint density at radius 3 is 2.09 bits per heavy atom. The van der Waals surface area contributed by atoms with Gasteiger partial charge in [-0.1, -0.05) is 89.4 Å². The summed E-state index contributed by atoms with van der Waals surface area (Å²) in [7, 11) is -1.38. The number of carbonyl (C=O) groups is 2. The van der Waals surface area contributed by atoms with Gasteiger partial charge in [0.1, 0.15) is 18.3 Å². The number of carbonyl (C=O) groups excluding carboxylic acids is 2. The first kappa shape index (κ1) is 32.9. The molecule has 0 heterocycles. The number of methoxy groups -OCH3 is 1. The Balaban J connectivity index is 1.85. The van der Waals surface area contributed by atoms with Gasteiger partial charge in [-0.25, -0.2) is 8.42 Å². The van der Waals surface area contributed by atoms with E-state index < -0.39 is 34.4 Å². The van der Waals surface area contributed by atoms with Gasteiger partial charge in [-0.15, -0.1) is 0 Å². The van der Waals surface area contributed by atoms with Crippen LogP contribution in [0.2, 0.25) is 10.0 Å². The van der Waals surface area contributed by atoms with Gasteiger partial charge in [0, 0.05) is 35.6 Å². The second-order valence-electron chi connectivity index (χ2n) is 10.0. The molecule has 8 nitrogen and oxygen atoms in total. The lowest BCUT2D eigenvalue weighted by Gasteiger charge is -2.34. The van der Waals surface area contributed by atoms with Crippen molar-refractivity contribution >= 4 is 50.7 Å². The minimum absolute atomic E-state index is 0.00496. The van der Waals surface area contributed by atoms with Crippen molar-refractivity contribution in [2.45, 2.75) is 30.8 Å². The molecule has 0 radical (unpaired) electrons. The van der Waals surface area contributed by atoms with Crippen LogP contribution in [0.3, 0.4) is 0 Å². The lowest BCUT2D eigenvalue weighted by molar-refractivity contribution is -0.139. The van der Waals surface area contributed by atoms with Crippen LogP contribution in [0.1, 0.15) is 16.7 Å². The molecule has 44 heavy (non-hydrogen) atoms. The molecule has 0 spiro atoms. The molecule has 4 aromatic carbocycles. The molecule has 0 aliphatic carbocycles. The smallest absolute Gasteiger partial charge is 0.264 e. The Bertz CT molecular complexity index is 1700. The highest BCUT2D eigenvalue weighted by atomic mass is 35.5. The number of sulfonamides is 1. The molecule has 1 atom stereocenters. The van der Waals surface area contributed by atoms with Crippen LogP contribution in [0, 0.1) is 6.92 Å². The topological polar surface area (TPSA) is 96.0 Å². The van der Waals surface area contributed by atoms with Crippen LogP contribution in [0.5, 0.6) is 5.75 Å². The Labute approximate surface area is 268 Å². The number of aryl methyl sites for hydroxylation is 1. The number of amides is 2. The van der Waals surface area contributed by atoms with Gasteiger partial charge in [-0.3, -0.25) is 13.9 Å². The number of rotatable bonds is 12. The molecule has 11 heteroatoms. The normalized spacial score (nSPS) is 11.8. The summed E-state index contributed by atoms with van der Waals surface area (Å²) in [5.74, 6) is -0.827. The summed E-state index contributed by atoms with van der Waals surface area (Å²) >= 11 is 13.0. The zero-order valence-electron chi connectivity index (χ0n) is 24.5. The SMILES string of the molecule is CNC(=O)C(Cc1ccccc1)N(Cc1c(Cl)cccc1Cl)C(=O)CN(c1ccccc1OC)S(=O)(=O)c1ccc(C)cc1. The summed E-state index contributed by atoms with van der Waals surface area (Å²) < 4.78 is 34.8. The first-order valence-corrected chi connectivity index (χ1v) is 16.0. The minimum Gasteiger partial charge on any atom is -0.495 e. The van der Waals surface area contributed by atoms with Crippen molar-refractivity contribution in [3.05, 3.63) is 124 Å². The molecule has 0 aliphatic rings. The Morgan fingerprint density at radius 1 is 0.864 bits per heavy atom. The van der Waals surface area contributed by atoms with E-state index in [4.69, 9.17) is 27.9 Å². The Kier molecular flexibility index (Phi) is 10.9. The second kappa shape index (κ2) is 14.6. The van der Waals surface area contributed by atoms with Gasteiger partial charge in [-0.2, -0.15) is 0 Å². The van der Waals surface area contributed by atoms with Crippen molar-refractivity contribution in [3.63, 3.8) is 0 Å². The molecule has 4 aromatic rings. The van der Waals surface area contributed by atoms with Gasteiger partial charge in [0.05, 0.1) is 17.7 Å². The molecule has 0 fully saturated rings.